The molecular weight excluding hydrogens is 460 g/mol. The van der Waals surface area contributed by atoms with E-state index >= 15 is 0 Å². The van der Waals surface area contributed by atoms with Crippen LogP contribution in [0.1, 0.15) is 81.3 Å². The summed E-state index contributed by atoms with van der Waals surface area (Å²) < 4.78 is 2.25. The average Bonchev–Trinajstić information content (AvgIpc) is 3.29. The standard InChI is InChI=1S/C30H44N6O/c1-3-5-19-35(20-6-4-2)29(37)26-22-28-27(24-31-26)33-30(32-23-25-14-9-7-10-15-25)36(28)21-13-18-34-16-11-8-12-17-34/h7,9-10,14-15,22,24H,3-6,8,11-13,16-21,23H2,1-2H3,(H,32,33). The fraction of sp³-hybridized carbons (Fsp3) is 0.567. The minimum atomic E-state index is 0.0312. The van der Waals surface area contributed by atoms with Crippen molar-refractivity contribution in [3.8, 4) is 0 Å². The van der Waals surface area contributed by atoms with Gasteiger partial charge in [-0.1, -0.05) is 63.4 Å². The molecule has 7 nitrogen and oxygen atoms in total. The lowest BCUT2D eigenvalue weighted by atomic mass is 10.1. The van der Waals surface area contributed by atoms with Crippen LogP contribution in [0, 0.1) is 0 Å². The summed E-state index contributed by atoms with van der Waals surface area (Å²) in [5, 5.41) is 3.55. The SMILES string of the molecule is CCCCN(CCCC)C(=O)c1cc2c(cn1)nc(NCc1ccccc1)n2CCCN1CCCCC1. The average molecular weight is 505 g/mol. The van der Waals surface area contributed by atoms with Gasteiger partial charge in [-0.15, -0.1) is 0 Å². The second kappa shape index (κ2) is 14.1. The smallest absolute Gasteiger partial charge is 0.272 e. The first-order valence-corrected chi connectivity index (χ1v) is 14.3. The number of fused-ring (bicyclic) bond motifs is 1. The van der Waals surface area contributed by atoms with E-state index in [9.17, 15) is 4.79 Å². The number of anilines is 1. The highest BCUT2D eigenvalue weighted by Gasteiger charge is 2.20. The van der Waals surface area contributed by atoms with Crippen molar-refractivity contribution < 1.29 is 4.79 Å². The predicted molar refractivity (Wildman–Crippen MR) is 152 cm³/mol. The normalized spacial score (nSPS) is 14.2. The molecule has 1 amide bonds. The van der Waals surface area contributed by atoms with Crippen molar-refractivity contribution >= 4 is 22.9 Å². The Morgan fingerprint density at radius 3 is 2.41 bits per heavy atom. The zero-order valence-corrected chi connectivity index (χ0v) is 22.8. The van der Waals surface area contributed by atoms with E-state index in [1.54, 1.807) is 6.20 Å². The molecule has 3 aromatic rings. The largest absolute Gasteiger partial charge is 0.352 e. The Hall–Kier alpha value is -2.93. The first kappa shape index (κ1) is 27.1. The molecule has 0 bridgehead atoms. The van der Waals surface area contributed by atoms with Crippen molar-refractivity contribution in [2.24, 2.45) is 0 Å². The van der Waals surface area contributed by atoms with Gasteiger partial charge in [0.2, 0.25) is 5.95 Å². The second-order valence-electron chi connectivity index (χ2n) is 10.2. The molecule has 200 valence electrons. The van der Waals surface area contributed by atoms with Crippen LogP contribution in [0.4, 0.5) is 5.95 Å². The van der Waals surface area contributed by atoms with Crippen LogP contribution < -0.4 is 5.32 Å². The van der Waals surface area contributed by atoms with Crippen molar-refractivity contribution in [3.05, 3.63) is 53.9 Å². The van der Waals surface area contributed by atoms with Crippen LogP contribution in [0.3, 0.4) is 0 Å². The number of nitrogens with one attached hydrogen (secondary N) is 1. The highest BCUT2D eigenvalue weighted by molar-refractivity contribution is 5.95. The number of unbranched alkanes of at least 4 members (excludes halogenated alkanes) is 2. The molecule has 0 unspecified atom stereocenters. The molecule has 2 aromatic heterocycles. The van der Waals surface area contributed by atoms with Crippen LogP contribution in [0.5, 0.6) is 0 Å². The van der Waals surface area contributed by atoms with Crippen LogP contribution in [-0.4, -0.2) is 63.0 Å². The lowest BCUT2D eigenvalue weighted by Crippen LogP contribution is -2.33. The van der Waals surface area contributed by atoms with E-state index in [0.717, 1.165) is 75.3 Å². The van der Waals surface area contributed by atoms with Crippen LogP contribution >= 0.6 is 0 Å². The third kappa shape index (κ3) is 7.54. The van der Waals surface area contributed by atoms with E-state index in [2.05, 4.69) is 57.9 Å². The molecule has 1 aliphatic rings. The lowest BCUT2D eigenvalue weighted by molar-refractivity contribution is 0.0745. The van der Waals surface area contributed by atoms with Crippen LogP contribution in [0.15, 0.2) is 42.6 Å². The first-order valence-electron chi connectivity index (χ1n) is 14.3. The number of carbonyl (C=O) groups is 1. The second-order valence-corrected chi connectivity index (χ2v) is 10.2. The fourth-order valence-electron chi connectivity index (χ4n) is 5.09. The van der Waals surface area contributed by atoms with E-state index in [-0.39, 0.29) is 5.91 Å². The molecule has 1 N–H and O–H groups in total. The topological polar surface area (TPSA) is 66.3 Å². The van der Waals surface area contributed by atoms with Gasteiger partial charge in [-0.05, 0) is 63.4 Å². The van der Waals surface area contributed by atoms with E-state index in [1.807, 2.05) is 17.0 Å². The van der Waals surface area contributed by atoms with Gasteiger partial charge < -0.3 is 19.7 Å². The van der Waals surface area contributed by atoms with Crippen LogP contribution in [0.25, 0.3) is 11.0 Å². The summed E-state index contributed by atoms with van der Waals surface area (Å²) in [5.41, 5.74) is 3.55. The minimum Gasteiger partial charge on any atom is -0.352 e. The summed E-state index contributed by atoms with van der Waals surface area (Å²) in [6, 6.07) is 12.4. The number of hydrogen-bond acceptors (Lipinski definition) is 5. The van der Waals surface area contributed by atoms with Gasteiger partial charge in [-0.25, -0.2) is 9.97 Å². The van der Waals surface area contributed by atoms with Gasteiger partial charge in [0.25, 0.3) is 5.91 Å². The molecule has 37 heavy (non-hydrogen) atoms. The van der Waals surface area contributed by atoms with E-state index in [1.165, 1.54) is 37.9 Å². The Morgan fingerprint density at radius 2 is 1.70 bits per heavy atom. The molecule has 1 saturated heterocycles. The van der Waals surface area contributed by atoms with Gasteiger partial charge in [0.15, 0.2) is 0 Å². The summed E-state index contributed by atoms with van der Waals surface area (Å²) in [6.45, 7) is 11.0. The van der Waals surface area contributed by atoms with E-state index < -0.39 is 0 Å². The molecule has 0 aliphatic carbocycles. The van der Waals surface area contributed by atoms with Crippen molar-refractivity contribution in [2.45, 2.75) is 78.3 Å². The summed E-state index contributed by atoms with van der Waals surface area (Å²) in [5.74, 6) is 0.876. The van der Waals surface area contributed by atoms with Crippen molar-refractivity contribution in [2.75, 3.05) is 38.0 Å². The lowest BCUT2D eigenvalue weighted by Gasteiger charge is -2.26. The third-order valence-corrected chi connectivity index (χ3v) is 7.30. The molecule has 0 radical (unpaired) electrons. The van der Waals surface area contributed by atoms with Crippen LogP contribution in [-0.2, 0) is 13.1 Å². The number of pyridine rings is 1. The number of carbonyl (C=O) groups excluding carboxylic acids is 1. The van der Waals surface area contributed by atoms with Crippen LogP contribution in [0.2, 0.25) is 0 Å². The molecule has 3 heterocycles. The molecule has 7 heteroatoms. The van der Waals surface area contributed by atoms with Crippen molar-refractivity contribution in [3.63, 3.8) is 0 Å². The number of piperidine rings is 1. The van der Waals surface area contributed by atoms with E-state index in [0.29, 0.717) is 12.2 Å². The Kier molecular flexibility index (Phi) is 10.4. The molecule has 1 aliphatic heterocycles. The monoisotopic (exact) mass is 504 g/mol. The van der Waals surface area contributed by atoms with Gasteiger partial charge in [0.05, 0.1) is 11.7 Å². The fourth-order valence-corrected chi connectivity index (χ4v) is 5.09. The number of rotatable bonds is 14. The molecule has 0 spiro atoms. The predicted octanol–water partition coefficient (Wildman–Crippen LogP) is 5.96. The Bertz CT molecular complexity index is 1100. The van der Waals surface area contributed by atoms with Gasteiger partial charge in [-0.3, -0.25) is 4.79 Å². The summed E-state index contributed by atoms with van der Waals surface area (Å²) in [4.78, 5) is 27.5. The molecule has 0 atom stereocenters. The number of benzene rings is 1. The Labute approximate surface area is 222 Å². The minimum absolute atomic E-state index is 0.0312. The quantitative estimate of drug-likeness (QED) is 0.293. The third-order valence-electron chi connectivity index (χ3n) is 7.30. The van der Waals surface area contributed by atoms with Gasteiger partial charge >= 0.3 is 0 Å². The van der Waals surface area contributed by atoms with E-state index in [4.69, 9.17) is 4.98 Å². The number of aryl methyl sites for hydroxylation is 1. The van der Waals surface area contributed by atoms with Gasteiger partial charge in [0, 0.05) is 26.2 Å². The molecule has 4 rings (SSSR count). The molecule has 1 fully saturated rings. The molecule has 0 saturated carbocycles. The summed E-state index contributed by atoms with van der Waals surface area (Å²) >= 11 is 0. The highest BCUT2D eigenvalue weighted by Crippen LogP contribution is 2.22. The van der Waals surface area contributed by atoms with Gasteiger partial charge in [-0.2, -0.15) is 0 Å². The van der Waals surface area contributed by atoms with Crippen molar-refractivity contribution in [1.29, 1.82) is 0 Å². The first-order chi connectivity index (χ1) is 18.2. The summed E-state index contributed by atoms with van der Waals surface area (Å²) in [6.07, 6.45) is 11.0. The highest BCUT2D eigenvalue weighted by atomic mass is 16.2. The number of amides is 1. The molecule has 1 aromatic carbocycles. The number of nitrogens with zero attached hydrogens (tertiary/aromatic N) is 5. The van der Waals surface area contributed by atoms with Gasteiger partial charge in [0.1, 0.15) is 11.2 Å². The number of hydrogen-bond donors (Lipinski definition) is 1. The number of imidazole rings is 1. The maximum absolute atomic E-state index is 13.5. The summed E-state index contributed by atoms with van der Waals surface area (Å²) in [7, 11) is 0. The zero-order chi connectivity index (χ0) is 25.9. The maximum atomic E-state index is 13.5. The molecular formula is C30H44N6O. The zero-order valence-electron chi connectivity index (χ0n) is 22.8. The van der Waals surface area contributed by atoms with Crippen molar-refractivity contribution in [1.82, 2.24) is 24.3 Å². The maximum Gasteiger partial charge on any atom is 0.272 e. The number of likely N-dealkylation sites (tertiary alicyclic amines) is 1. The number of aromatic nitrogens is 3. The Morgan fingerprint density at radius 1 is 0.973 bits per heavy atom. The Balaban J connectivity index is 1.57.